The Morgan fingerprint density at radius 2 is 2.20 bits per heavy atom. The number of carbonyl (C=O) groups excluding carboxylic acids is 1. The van der Waals surface area contributed by atoms with E-state index in [-0.39, 0.29) is 12.6 Å². The molecule has 0 aliphatic carbocycles. The Hall–Kier alpha value is -2.08. The molecule has 20 heavy (non-hydrogen) atoms. The van der Waals surface area contributed by atoms with Gasteiger partial charge in [0.25, 0.3) is 0 Å². The fraction of sp³-hybridized carbons (Fsp3) is 0.429. The number of rotatable bonds is 5. The first-order valence-corrected chi connectivity index (χ1v) is 6.65. The molecule has 0 aliphatic heterocycles. The van der Waals surface area contributed by atoms with Gasteiger partial charge in [-0.2, -0.15) is 0 Å². The van der Waals surface area contributed by atoms with Crippen molar-refractivity contribution in [1.29, 1.82) is 0 Å². The molecule has 0 saturated heterocycles. The summed E-state index contributed by atoms with van der Waals surface area (Å²) in [6, 6.07) is 7.76. The van der Waals surface area contributed by atoms with Crippen LogP contribution in [0.25, 0.3) is 11.0 Å². The standard InChI is InChI=1S/C14H20N4O2/c1-11-16-12-5-3-4-6-13(12)18(11)8-7-15-14(20)17(2)9-10-19/h3-6,19H,7-10H2,1-2H3,(H,15,20). The number of carbonyl (C=O) groups is 1. The van der Waals surface area contributed by atoms with Crippen LogP contribution in [0.1, 0.15) is 5.82 Å². The maximum atomic E-state index is 11.7. The Balaban J connectivity index is 1.96. The number of imidazole rings is 1. The molecule has 2 amide bonds. The number of aliphatic hydroxyl groups is 1. The number of aryl methyl sites for hydroxylation is 1. The summed E-state index contributed by atoms with van der Waals surface area (Å²) in [4.78, 5) is 17.6. The zero-order chi connectivity index (χ0) is 14.5. The van der Waals surface area contributed by atoms with E-state index in [4.69, 9.17) is 5.11 Å². The molecule has 6 heteroatoms. The van der Waals surface area contributed by atoms with Crippen LogP contribution in [0.4, 0.5) is 4.79 Å². The predicted octanol–water partition coefficient (Wildman–Crippen LogP) is 0.978. The number of nitrogens with one attached hydrogen (secondary N) is 1. The monoisotopic (exact) mass is 276 g/mol. The molecule has 6 nitrogen and oxygen atoms in total. The number of urea groups is 1. The third kappa shape index (κ3) is 3.08. The Morgan fingerprint density at radius 1 is 1.45 bits per heavy atom. The third-order valence-corrected chi connectivity index (χ3v) is 3.24. The quantitative estimate of drug-likeness (QED) is 0.855. The SMILES string of the molecule is Cc1nc2ccccc2n1CCNC(=O)N(C)CCO. The summed E-state index contributed by atoms with van der Waals surface area (Å²) in [5.74, 6) is 0.934. The molecule has 0 atom stereocenters. The lowest BCUT2D eigenvalue weighted by Gasteiger charge is -2.17. The highest BCUT2D eigenvalue weighted by Gasteiger charge is 2.09. The van der Waals surface area contributed by atoms with Crippen LogP contribution in [0.5, 0.6) is 0 Å². The first-order chi connectivity index (χ1) is 9.63. The molecule has 0 spiro atoms. The van der Waals surface area contributed by atoms with Gasteiger partial charge in [0.1, 0.15) is 5.82 Å². The van der Waals surface area contributed by atoms with E-state index in [1.165, 1.54) is 4.90 Å². The lowest BCUT2D eigenvalue weighted by Crippen LogP contribution is -2.40. The van der Waals surface area contributed by atoms with Crippen molar-refractivity contribution < 1.29 is 9.90 Å². The van der Waals surface area contributed by atoms with Crippen molar-refractivity contribution in [3.8, 4) is 0 Å². The van der Waals surface area contributed by atoms with Crippen molar-refractivity contribution in [1.82, 2.24) is 19.8 Å². The molecule has 0 radical (unpaired) electrons. The maximum Gasteiger partial charge on any atom is 0.317 e. The van der Waals surface area contributed by atoms with Crippen molar-refractivity contribution in [2.75, 3.05) is 26.7 Å². The van der Waals surface area contributed by atoms with Gasteiger partial charge < -0.3 is 19.9 Å². The number of nitrogens with zero attached hydrogens (tertiary/aromatic N) is 3. The second-order valence-electron chi connectivity index (χ2n) is 4.68. The van der Waals surface area contributed by atoms with Crippen LogP contribution in [0.15, 0.2) is 24.3 Å². The van der Waals surface area contributed by atoms with Gasteiger partial charge in [-0.25, -0.2) is 9.78 Å². The summed E-state index contributed by atoms with van der Waals surface area (Å²) in [5, 5.41) is 11.6. The highest BCUT2D eigenvalue weighted by atomic mass is 16.3. The summed E-state index contributed by atoms with van der Waals surface area (Å²) >= 11 is 0. The van der Waals surface area contributed by atoms with Crippen molar-refractivity contribution >= 4 is 17.1 Å². The first-order valence-electron chi connectivity index (χ1n) is 6.65. The molecule has 2 N–H and O–H groups in total. The van der Waals surface area contributed by atoms with Crippen LogP contribution in [-0.2, 0) is 6.54 Å². The van der Waals surface area contributed by atoms with E-state index < -0.39 is 0 Å². The van der Waals surface area contributed by atoms with Gasteiger partial charge in [-0.15, -0.1) is 0 Å². The van der Waals surface area contributed by atoms with Gasteiger partial charge in [0, 0.05) is 26.7 Å². The molecule has 0 aliphatic rings. The van der Waals surface area contributed by atoms with Crippen LogP contribution in [-0.4, -0.2) is 52.3 Å². The minimum atomic E-state index is -0.180. The van der Waals surface area contributed by atoms with Gasteiger partial charge >= 0.3 is 6.03 Å². The summed E-state index contributed by atoms with van der Waals surface area (Å²) in [6.07, 6.45) is 0. The summed E-state index contributed by atoms with van der Waals surface area (Å²) < 4.78 is 2.08. The summed E-state index contributed by atoms with van der Waals surface area (Å²) in [5.41, 5.74) is 2.04. The van der Waals surface area contributed by atoms with Crippen molar-refractivity contribution in [2.45, 2.75) is 13.5 Å². The molecular formula is C14H20N4O2. The summed E-state index contributed by atoms with van der Waals surface area (Å²) in [6.45, 7) is 3.45. The number of fused-ring (bicyclic) bond motifs is 1. The second-order valence-corrected chi connectivity index (χ2v) is 4.68. The van der Waals surface area contributed by atoms with Crippen LogP contribution in [0, 0.1) is 6.92 Å². The molecule has 1 aromatic carbocycles. The predicted molar refractivity (Wildman–Crippen MR) is 77.6 cm³/mol. The Bertz CT molecular complexity index is 594. The number of hydrogen-bond donors (Lipinski definition) is 2. The average molecular weight is 276 g/mol. The molecule has 1 heterocycles. The van der Waals surface area contributed by atoms with Crippen LogP contribution < -0.4 is 5.32 Å². The van der Waals surface area contributed by atoms with Gasteiger partial charge in [-0.3, -0.25) is 0 Å². The zero-order valence-corrected chi connectivity index (χ0v) is 11.8. The van der Waals surface area contributed by atoms with E-state index in [1.807, 2.05) is 31.2 Å². The van der Waals surface area contributed by atoms with E-state index in [2.05, 4.69) is 14.9 Å². The Morgan fingerprint density at radius 3 is 2.95 bits per heavy atom. The van der Waals surface area contributed by atoms with Crippen molar-refractivity contribution in [3.63, 3.8) is 0 Å². The van der Waals surface area contributed by atoms with Crippen LogP contribution in [0.2, 0.25) is 0 Å². The highest BCUT2D eigenvalue weighted by molar-refractivity contribution is 5.76. The minimum absolute atomic E-state index is 0.0326. The zero-order valence-electron chi connectivity index (χ0n) is 11.8. The second kappa shape index (κ2) is 6.38. The van der Waals surface area contributed by atoms with Crippen molar-refractivity contribution in [3.05, 3.63) is 30.1 Å². The highest BCUT2D eigenvalue weighted by Crippen LogP contribution is 2.14. The van der Waals surface area contributed by atoms with Gasteiger partial charge in [0.15, 0.2) is 0 Å². The van der Waals surface area contributed by atoms with Gasteiger partial charge in [-0.1, -0.05) is 12.1 Å². The van der Waals surface area contributed by atoms with E-state index in [1.54, 1.807) is 7.05 Å². The number of hydrogen-bond acceptors (Lipinski definition) is 3. The lowest BCUT2D eigenvalue weighted by molar-refractivity contribution is 0.190. The third-order valence-electron chi connectivity index (χ3n) is 3.24. The van der Waals surface area contributed by atoms with E-state index >= 15 is 0 Å². The van der Waals surface area contributed by atoms with E-state index in [0.717, 1.165) is 16.9 Å². The van der Waals surface area contributed by atoms with Gasteiger partial charge in [-0.05, 0) is 19.1 Å². The molecule has 1 aromatic heterocycles. The van der Waals surface area contributed by atoms with Crippen LogP contribution >= 0.6 is 0 Å². The molecule has 0 saturated carbocycles. The lowest BCUT2D eigenvalue weighted by atomic mass is 10.3. The van der Waals surface area contributed by atoms with Gasteiger partial charge in [0.05, 0.1) is 17.6 Å². The normalized spacial score (nSPS) is 10.8. The number of benzene rings is 1. The number of likely N-dealkylation sites (N-methyl/N-ethyl adjacent to an activating group) is 1. The summed E-state index contributed by atoms with van der Waals surface area (Å²) in [7, 11) is 1.66. The van der Waals surface area contributed by atoms with Crippen LogP contribution in [0.3, 0.4) is 0 Å². The number of aliphatic hydroxyl groups excluding tert-OH is 1. The first kappa shape index (κ1) is 14.3. The maximum absolute atomic E-state index is 11.7. The Kier molecular flexibility index (Phi) is 4.57. The molecule has 2 rings (SSSR count). The average Bonchev–Trinajstić information content (AvgIpc) is 2.75. The molecule has 0 bridgehead atoms. The molecule has 0 unspecified atom stereocenters. The topological polar surface area (TPSA) is 70.4 Å². The number of aromatic nitrogens is 2. The largest absolute Gasteiger partial charge is 0.395 e. The fourth-order valence-electron chi connectivity index (χ4n) is 2.14. The number of para-hydroxylation sites is 2. The Labute approximate surface area is 118 Å². The van der Waals surface area contributed by atoms with E-state index in [9.17, 15) is 4.79 Å². The molecule has 2 aromatic rings. The fourth-order valence-corrected chi connectivity index (χ4v) is 2.14. The molecule has 108 valence electrons. The van der Waals surface area contributed by atoms with E-state index in [0.29, 0.717) is 19.6 Å². The van der Waals surface area contributed by atoms with Gasteiger partial charge in [0.2, 0.25) is 0 Å². The number of amides is 2. The minimum Gasteiger partial charge on any atom is -0.395 e. The molecular weight excluding hydrogens is 256 g/mol. The molecule has 0 fully saturated rings. The smallest absolute Gasteiger partial charge is 0.317 e. The van der Waals surface area contributed by atoms with Crippen molar-refractivity contribution in [2.24, 2.45) is 0 Å².